The van der Waals surface area contributed by atoms with Crippen LogP contribution in [-0.4, -0.2) is 27.7 Å². The van der Waals surface area contributed by atoms with Crippen LogP contribution in [0.15, 0.2) is 12.3 Å². The van der Waals surface area contributed by atoms with Gasteiger partial charge < -0.3 is 10.4 Å². The number of hydrogen-bond acceptors (Lipinski definition) is 6. The molecule has 7 heteroatoms. The van der Waals surface area contributed by atoms with Crippen LogP contribution in [0.3, 0.4) is 0 Å². The van der Waals surface area contributed by atoms with Crippen molar-refractivity contribution >= 4 is 11.5 Å². The highest BCUT2D eigenvalue weighted by atomic mass is 16.6. The molecule has 1 aromatic heterocycles. The zero-order valence-corrected chi connectivity index (χ0v) is 11.8. The lowest BCUT2D eigenvalue weighted by Crippen LogP contribution is -2.35. The molecule has 108 valence electrons. The lowest BCUT2D eigenvalue weighted by atomic mass is 9.85. The van der Waals surface area contributed by atoms with Crippen molar-refractivity contribution in [2.75, 3.05) is 11.9 Å². The molecule has 1 aromatic rings. The number of rotatable bonds is 5. The van der Waals surface area contributed by atoms with Gasteiger partial charge in [0.05, 0.1) is 4.92 Å². The van der Waals surface area contributed by atoms with Crippen LogP contribution in [0.4, 0.5) is 11.5 Å². The van der Waals surface area contributed by atoms with Gasteiger partial charge in [0.25, 0.3) is 0 Å². The van der Waals surface area contributed by atoms with E-state index in [0.29, 0.717) is 6.42 Å². The van der Waals surface area contributed by atoms with E-state index < -0.39 is 4.92 Å². The standard InChI is InChI=1S/C13H18N4O3/c1-13(2,3)10(5-7-18)16-12-11(17(19)20)9(8-14)4-6-15-12/h4,6,10,18H,5,7H2,1-3H3,(H,15,16). The predicted molar refractivity (Wildman–Crippen MR) is 74.2 cm³/mol. The molecule has 1 unspecified atom stereocenters. The quantitative estimate of drug-likeness (QED) is 0.629. The molecule has 20 heavy (non-hydrogen) atoms. The van der Waals surface area contributed by atoms with Crippen LogP contribution < -0.4 is 5.32 Å². The third kappa shape index (κ3) is 3.65. The SMILES string of the molecule is CC(C)(C)C(CCO)Nc1nccc(C#N)c1[N+](=O)[O-]. The van der Waals surface area contributed by atoms with Gasteiger partial charge in [-0.15, -0.1) is 0 Å². The van der Waals surface area contributed by atoms with Crippen molar-refractivity contribution in [2.45, 2.75) is 33.2 Å². The summed E-state index contributed by atoms with van der Waals surface area (Å²) in [7, 11) is 0. The van der Waals surface area contributed by atoms with Crippen LogP contribution in [0.2, 0.25) is 0 Å². The second kappa shape index (κ2) is 6.30. The zero-order chi connectivity index (χ0) is 15.3. The van der Waals surface area contributed by atoms with Crippen LogP contribution >= 0.6 is 0 Å². The highest BCUT2D eigenvalue weighted by molar-refractivity contribution is 5.64. The van der Waals surface area contributed by atoms with Crippen LogP contribution in [0.1, 0.15) is 32.8 Å². The molecular weight excluding hydrogens is 260 g/mol. The largest absolute Gasteiger partial charge is 0.396 e. The lowest BCUT2D eigenvalue weighted by Gasteiger charge is -2.31. The summed E-state index contributed by atoms with van der Waals surface area (Å²) in [5.74, 6) is 0.0578. The second-order valence-electron chi connectivity index (χ2n) is 5.50. The molecule has 2 N–H and O–H groups in total. The number of nitrogens with zero attached hydrogens (tertiary/aromatic N) is 3. The Morgan fingerprint density at radius 1 is 1.60 bits per heavy atom. The maximum absolute atomic E-state index is 11.1. The van der Waals surface area contributed by atoms with E-state index in [1.807, 2.05) is 20.8 Å². The van der Waals surface area contributed by atoms with Gasteiger partial charge in [0.2, 0.25) is 5.82 Å². The number of nitriles is 1. The Labute approximate surface area is 117 Å². The fourth-order valence-electron chi connectivity index (χ4n) is 1.85. The van der Waals surface area contributed by atoms with E-state index in [1.165, 1.54) is 12.3 Å². The first-order chi connectivity index (χ1) is 9.31. The molecule has 0 aromatic carbocycles. The summed E-state index contributed by atoms with van der Waals surface area (Å²) in [5, 5.41) is 32.1. The van der Waals surface area contributed by atoms with Crippen LogP contribution in [0, 0.1) is 26.9 Å². The first-order valence-electron chi connectivity index (χ1n) is 6.22. The van der Waals surface area contributed by atoms with Crippen molar-refractivity contribution in [3.8, 4) is 6.07 Å². The van der Waals surface area contributed by atoms with Crippen molar-refractivity contribution < 1.29 is 10.0 Å². The van der Waals surface area contributed by atoms with Crippen LogP contribution in [-0.2, 0) is 0 Å². The minimum absolute atomic E-state index is 0.0378. The van der Waals surface area contributed by atoms with Gasteiger partial charge in [-0.3, -0.25) is 10.1 Å². The molecule has 0 aliphatic carbocycles. The molecule has 0 aliphatic rings. The number of nitro groups is 1. The number of hydrogen-bond donors (Lipinski definition) is 2. The highest BCUT2D eigenvalue weighted by Gasteiger charge is 2.28. The normalized spacial score (nSPS) is 12.6. The number of nitrogens with one attached hydrogen (secondary N) is 1. The van der Waals surface area contributed by atoms with E-state index in [0.717, 1.165) is 0 Å². The Bertz CT molecular complexity index is 531. The predicted octanol–water partition coefficient (Wildman–Crippen LogP) is 2.07. The van der Waals surface area contributed by atoms with E-state index in [9.17, 15) is 10.1 Å². The van der Waals surface area contributed by atoms with Gasteiger partial charge in [-0.25, -0.2) is 4.98 Å². The Balaban J connectivity index is 3.20. The van der Waals surface area contributed by atoms with E-state index in [4.69, 9.17) is 10.4 Å². The number of aliphatic hydroxyl groups excluding tert-OH is 1. The van der Waals surface area contributed by atoms with E-state index in [1.54, 1.807) is 6.07 Å². The summed E-state index contributed by atoms with van der Waals surface area (Å²) in [6.45, 7) is 5.83. The molecule has 0 radical (unpaired) electrons. The summed E-state index contributed by atoms with van der Waals surface area (Å²) in [5.41, 5.74) is -0.590. The van der Waals surface area contributed by atoms with Crippen molar-refractivity contribution in [3.63, 3.8) is 0 Å². The highest BCUT2D eigenvalue weighted by Crippen LogP contribution is 2.30. The van der Waals surface area contributed by atoms with Gasteiger partial charge in [-0.1, -0.05) is 20.8 Å². The average Bonchev–Trinajstić information content (AvgIpc) is 2.36. The Morgan fingerprint density at radius 2 is 2.25 bits per heavy atom. The van der Waals surface area contributed by atoms with Crippen molar-refractivity contribution in [1.82, 2.24) is 4.98 Å². The molecule has 0 bridgehead atoms. The smallest absolute Gasteiger partial charge is 0.328 e. The summed E-state index contributed by atoms with van der Waals surface area (Å²) < 4.78 is 0. The molecule has 1 rings (SSSR count). The summed E-state index contributed by atoms with van der Waals surface area (Å²) >= 11 is 0. The Kier molecular flexibility index (Phi) is 5.00. The summed E-state index contributed by atoms with van der Waals surface area (Å²) in [6, 6.07) is 2.90. The summed E-state index contributed by atoms with van der Waals surface area (Å²) in [4.78, 5) is 14.5. The number of aliphatic hydroxyl groups is 1. The first kappa shape index (κ1) is 15.9. The lowest BCUT2D eigenvalue weighted by molar-refractivity contribution is -0.384. The topological polar surface area (TPSA) is 112 Å². The molecule has 1 atom stereocenters. The van der Waals surface area contributed by atoms with Crippen molar-refractivity contribution in [2.24, 2.45) is 5.41 Å². The second-order valence-corrected chi connectivity index (χ2v) is 5.50. The van der Waals surface area contributed by atoms with Gasteiger partial charge in [0, 0.05) is 18.8 Å². The molecule has 1 heterocycles. The van der Waals surface area contributed by atoms with Gasteiger partial charge in [0.1, 0.15) is 11.6 Å². The van der Waals surface area contributed by atoms with Crippen molar-refractivity contribution in [3.05, 3.63) is 27.9 Å². The number of aromatic nitrogens is 1. The number of pyridine rings is 1. The molecule has 0 spiro atoms. The van der Waals surface area contributed by atoms with Gasteiger partial charge in [-0.2, -0.15) is 5.26 Å². The Morgan fingerprint density at radius 3 is 2.70 bits per heavy atom. The third-order valence-electron chi connectivity index (χ3n) is 3.00. The fourth-order valence-corrected chi connectivity index (χ4v) is 1.85. The van der Waals surface area contributed by atoms with Crippen LogP contribution in [0.5, 0.6) is 0 Å². The first-order valence-corrected chi connectivity index (χ1v) is 6.22. The summed E-state index contributed by atoms with van der Waals surface area (Å²) in [6.07, 6.45) is 1.78. The molecular formula is C13H18N4O3. The van der Waals surface area contributed by atoms with Crippen LogP contribution in [0.25, 0.3) is 0 Å². The Hall–Kier alpha value is -2.20. The van der Waals surface area contributed by atoms with E-state index >= 15 is 0 Å². The van der Waals surface area contributed by atoms with Gasteiger partial charge in [0.15, 0.2) is 0 Å². The van der Waals surface area contributed by atoms with Gasteiger partial charge in [-0.05, 0) is 17.9 Å². The molecule has 0 saturated carbocycles. The maximum Gasteiger partial charge on any atom is 0.328 e. The number of anilines is 1. The molecule has 7 nitrogen and oxygen atoms in total. The maximum atomic E-state index is 11.1. The third-order valence-corrected chi connectivity index (χ3v) is 3.00. The van der Waals surface area contributed by atoms with Gasteiger partial charge >= 0.3 is 5.69 Å². The van der Waals surface area contributed by atoms with E-state index in [2.05, 4.69) is 10.3 Å². The fraction of sp³-hybridized carbons (Fsp3) is 0.538. The molecule has 0 fully saturated rings. The minimum Gasteiger partial charge on any atom is -0.396 e. The molecule has 0 aliphatic heterocycles. The van der Waals surface area contributed by atoms with E-state index in [-0.39, 0.29) is 35.1 Å². The monoisotopic (exact) mass is 278 g/mol. The average molecular weight is 278 g/mol. The molecule has 0 saturated heterocycles. The molecule has 0 amide bonds. The van der Waals surface area contributed by atoms with Crippen molar-refractivity contribution in [1.29, 1.82) is 5.26 Å². The minimum atomic E-state index is -0.618. The zero-order valence-electron chi connectivity index (χ0n) is 11.8.